The minimum absolute atomic E-state index is 0.202. The van der Waals surface area contributed by atoms with E-state index in [0.29, 0.717) is 0 Å². The van der Waals surface area contributed by atoms with Gasteiger partial charge in [0.15, 0.2) is 0 Å². The zero-order chi connectivity index (χ0) is 11.8. The summed E-state index contributed by atoms with van der Waals surface area (Å²) < 4.78 is 35.4. The number of fused-ring (bicyclic) bond motifs is 1. The molecular weight excluding hydrogens is 229 g/mol. The highest BCUT2D eigenvalue weighted by Crippen LogP contribution is 2.20. The van der Waals surface area contributed by atoms with Crippen LogP contribution in [0.4, 0.5) is 3.89 Å². The first-order valence-corrected chi connectivity index (χ1v) is 6.48. The van der Waals surface area contributed by atoms with Crippen molar-refractivity contribution in [3.63, 3.8) is 0 Å². The molecule has 0 aliphatic rings. The highest BCUT2D eigenvalue weighted by Gasteiger charge is 2.10. The molecule has 2 aromatic rings. The van der Waals surface area contributed by atoms with Crippen LogP contribution < -0.4 is 0 Å². The summed E-state index contributed by atoms with van der Waals surface area (Å²) in [6, 6.07) is 7.57. The van der Waals surface area contributed by atoms with Crippen molar-refractivity contribution < 1.29 is 12.3 Å². The van der Waals surface area contributed by atoms with Crippen molar-refractivity contribution in [3.05, 3.63) is 36.0 Å². The third-order valence-electron chi connectivity index (χ3n) is 2.60. The van der Waals surface area contributed by atoms with E-state index >= 15 is 0 Å². The predicted molar refractivity (Wildman–Crippen MR) is 61.5 cm³/mol. The van der Waals surface area contributed by atoms with E-state index < -0.39 is 16.0 Å². The standard InChI is InChI=1S/C11H12FNO2S/c1-13-7-5-9-3-2-4-10(11(9)13)6-8-16(12,14)15/h2-5,7H,6,8H2,1H3. The molecule has 0 saturated heterocycles. The summed E-state index contributed by atoms with van der Waals surface area (Å²) in [5.74, 6) is -0.461. The third kappa shape index (κ3) is 2.24. The first-order valence-electron chi connectivity index (χ1n) is 4.92. The second-order valence-electron chi connectivity index (χ2n) is 3.77. The minimum Gasteiger partial charge on any atom is -0.350 e. The number of aryl methyl sites for hydroxylation is 2. The molecule has 3 nitrogen and oxygen atoms in total. The molecular formula is C11H12FNO2S. The van der Waals surface area contributed by atoms with Gasteiger partial charge in [-0.3, -0.25) is 0 Å². The van der Waals surface area contributed by atoms with Gasteiger partial charge in [-0.1, -0.05) is 18.2 Å². The van der Waals surface area contributed by atoms with E-state index in [1.54, 1.807) is 0 Å². The molecule has 0 atom stereocenters. The fourth-order valence-corrected chi connectivity index (χ4v) is 2.34. The fraction of sp³-hybridized carbons (Fsp3) is 0.273. The number of nitrogens with zero attached hydrogens (tertiary/aromatic N) is 1. The molecule has 86 valence electrons. The van der Waals surface area contributed by atoms with Crippen LogP contribution in [0.25, 0.3) is 10.9 Å². The van der Waals surface area contributed by atoms with Crippen molar-refractivity contribution in [1.82, 2.24) is 4.57 Å². The molecule has 0 saturated carbocycles. The van der Waals surface area contributed by atoms with Crippen LogP contribution in [-0.4, -0.2) is 18.7 Å². The van der Waals surface area contributed by atoms with Gasteiger partial charge in [0, 0.05) is 13.2 Å². The van der Waals surface area contributed by atoms with Crippen LogP contribution in [0.3, 0.4) is 0 Å². The van der Waals surface area contributed by atoms with E-state index in [1.165, 1.54) is 0 Å². The topological polar surface area (TPSA) is 39.1 Å². The van der Waals surface area contributed by atoms with Crippen LogP contribution in [0.1, 0.15) is 5.56 Å². The minimum atomic E-state index is -4.40. The van der Waals surface area contributed by atoms with Gasteiger partial charge >= 0.3 is 10.2 Å². The molecule has 1 aromatic carbocycles. The number of benzene rings is 1. The Hall–Kier alpha value is -1.36. The van der Waals surface area contributed by atoms with E-state index in [4.69, 9.17) is 0 Å². The smallest absolute Gasteiger partial charge is 0.302 e. The lowest BCUT2D eigenvalue weighted by molar-refractivity contribution is 0.551. The number of hydrogen-bond donors (Lipinski definition) is 0. The van der Waals surface area contributed by atoms with Gasteiger partial charge < -0.3 is 4.57 Å². The monoisotopic (exact) mass is 241 g/mol. The van der Waals surface area contributed by atoms with Crippen molar-refractivity contribution in [2.24, 2.45) is 7.05 Å². The van der Waals surface area contributed by atoms with Crippen molar-refractivity contribution >= 4 is 21.1 Å². The fourth-order valence-electron chi connectivity index (χ4n) is 1.88. The largest absolute Gasteiger partial charge is 0.350 e. The molecule has 2 rings (SSSR count). The average Bonchev–Trinajstić information content (AvgIpc) is 2.57. The Kier molecular flexibility index (Phi) is 2.71. The van der Waals surface area contributed by atoms with Crippen LogP contribution in [0.5, 0.6) is 0 Å². The van der Waals surface area contributed by atoms with Crippen LogP contribution in [0.15, 0.2) is 30.5 Å². The quantitative estimate of drug-likeness (QED) is 0.771. The molecule has 0 aliphatic carbocycles. The number of para-hydroxylation sites is 1. The maximum absolute atomic E-state index is 12.5. The highest BCUT2D eigenvalue weighted by molar-refractivity contribution is 7.86. The summed E-state index contributed by atoms with van der Waals surface area (Å²) in [5, 5.41) is 1.04. The predicted octanol–water partition coefficient (Wildman–Crippen LogP) is 2.02. The summed E-state index contributed by atoms with van der Waals surface area (Å²) >= 11 is 0. The van der Waals surface area contributed by atoms with Gasteiger partial charge in [-0.15, -0.1) is 3.89 Å². The normalized spacial score (nSPS) is 12.1. The van der Waals surface area contributed by atoms with Gasteiger partial charge in [0.25, 0.3) is 0 Å². The van der Waals surface area contributed by atoms with Gasteiger partial charge in [0.2, 0.25) is 0 Å². The van der Waals surface area contributed by atoms with E-state index in [9.17, 15) is 12.3 Å². The molecule has 0 N–H and O–H groups in total. The molecule has 0 bridgehead atoms. The molecule has 0 aliphatic heterocycles. The first-order chi connectivity index (χ1) is 7.47. The van der Waals surface area contributed by atoms with Crippen LogP contribution in [0, 0.1) is 0 Å². The lowest BCUT2D eigenvalue weighted by Crippen LogP contribution is -2.03. The molecule has 0 fully saturated rings. The van der Waals surface area contributed by atoms with Crippen LogP contribution >= 0.6 is 0 Å². The second-order valence-corrected chi connectivity index (χ2v) is 5.26. The Morgan fingerprint density at radius 1 is 1.31 bits per heavy atom. The summed E-state index contributed by atoms with van der Waals surface area (Å²) in [7, 11) is -2.51. The van der Waals surface area contributed by atoms with E-state index in [0.717, 1.165) is 16.5 Å². The molecule has 0 amide bonds. The summed E-state index contributed by atoms with van der Waals surface area (Å²) in [4.78, 5) is 0. The Morgan fingerprint density at radius 2 is 2.06 bits per heavy atom. The first kappa shape index (κ1) is 11.1. The summed E-state index contributed by atoms with van der Waals surface area (Å²) in [6.07, 6.45) is 2.10. The van der Waals surface area contributed by atoms with E-state index in [-0.39, 0.29) is 6.42 Å². The average molecular weight is 241 g/mol. The number of rotatable bonds is 3. The second kappa shape index (κ2) is 3.90. The van der Waals surface area contributed by atoms with Gasteiger partial charge in [-0.25, -0.2) is 0 Å². The summed E-state index contributed by atoms with van der Waals surface area (Å²) in [6.45, 7) is 0. The zero-order valence-electron chi connectivity index (χ0n) is 8.85. The Balaban J connectivity index is 2.40. The van der Waals surface area contributed by atoms with Crippen LogP contribution in [-0.2, 0) is 23.7 Å². The van der Waals surface area contributed by atoms with E-state index in [1.807, 2.05) is 42.1 Å². The van der Waals surface area contributed by atoms with Crippen molar-refractivity contribution in [2.75, 3.05) is 5.75 Å². The van der Waals surface area contributed by atoms with Crippen molar-refractivity contribution in [1.29, 1.82) is 0 Å². The maximum Gasteiger partial charge on any atom is 0.302 e. The van der Waals surface area contributed by atoms with Gasteiger partial charge in [0.1, 0.15) is 0 Å². The SMILES string of the molecule is Cn1ccc2cccc(CCS(=O)(=O)F)c21. The lowest BCUT2D eigenvalue weighted by Gasteiger charge is -2.04. The van der Waals surface area contributed by atoms with Crippen molar-refractivity contribution in [3.8, 4) is 0 Å². The molecule has 0 unspecified atom stereocenters. The van der Waals surface area contributed by atoms with Gasteiger partial charge in [-0.2, -0.15) is 8.42 Å². The number of aromatic nitrogens is 1. The molecule has 0 spiro atoms. The molecule has 1 aromatic heterocycles. The molecule has 16 heavy (non-hydrogen) atoms. The number of hydrogen-bond acceptors (Lipinski definition) is 2. The Labute approximate surface area is 93.7 Å². The van der Waals surface area contributed by atoms with Crippen LogP contribution in [0.2, 0.25) is 0 Å². The Morgan fingerprint density at radius 3 is 2.75 bits per heavy atom. The van der Waals surface area contributed by atoms with Gasteiger partial charge in [0.05, 0.1) is 11.3 Å². The highest BCUT2D eigenvalue weighted by atomic mass is 32.3. The molecule has 5 heteroatoms. The Bertz CT molecular complexity index is 616. The zero-order valence-corrected chi connectivity index (χ0v) is 9.67. The molecule has 0 radical (unpaired) electrons. The van der Waals surface area contributed by atoms with Gasteiger partial charge in [-0.05, 0) is 23.4 Å². The van der Waals surface area contributed by atoms with E-state index in [2.05, 4.69) is 0 Å². The third-order valence-corrected chi connectivity index (χ3v) is 3.29. The number of halogens is 1. The molecule has 1 heterocycles. The summed E-state index contributed by atoms with van der Waals surface area (Å²) in [5.41, 5.74) is 1.82. The maximum atomic E-state index is 12.5. The lowest BCUT2D eigenvalue weighted by atomic mass is 10.1. The van der Waals surface area contributed by atoms with Crippen molar-refractivity contribution in [2.45, 2.75) is 6.42 Å².